The third-order valence-electron chi connectivity index (χ3n) is 4.96. The van der Waals surface area contributed by atoms with Crippen molar-refractivity contribution in [2.45, 2.75) is 13.8 Å². The number of benzene rings is 2. The Labute approximate surface area is 178 Å². The fourth-order valence-corrected chi connectivity index (χ4v) is 3.55. The fourth-order valence-electron chi connectivity index (χ4n) is 3.55. The molecule has 9 nitrogen and oxygen atoms in total. The molecule has 0 bridgehead atoms. The highest BCUT2D eigenvalue weighted by Gasteiger charge is 2.24. The van der Waals surface area contributed by atoms with Crippen molar-refractivity contribution < 1.29 is 0 Å². The molecular weight excluding hydrogens is 392 g/mol. The number of para-hydroxylation sites is 1. The van der Waals surface area contributed by atoms with Crippen LogP contribution in [0.25, 0.3) is 16.6 Å². The topological polar surface area (TPSA) is 140 Å². The van der Waals surface area contributed by atoms with E-state index >= 15 is 0 Å². The summed E-state index contributed by atoms with van der Waals surface area (Å²) in [6.07, 6.45) is 0. The van der Waals surface area contributed by atoms with Gasteiger partial charge in [0.05, 0.1) is 16.6 Å². The number of fused-ring (bicyclic) bond motifs is 1. The zero-order valence-corrected chi connectivity index (χ0v) is 17.1. The quantitative estimate of drug-likeness (QED) is 0.521. The number of hydrogen-bond acceptors (Lipinski definition) is 8. The van der Waals surface area contributed by atoms with E-state index in [1.807, 2.05) is 62.4 Å². The minimum absolute atomic E-state index is 0.0336. The van der Waals surface area contributed by atoms with Crippen LogP contribution < -0.4 is 21.9 Å². The summed E-state index contributed by atoms with van der Waals surface area (Å²) in [5, 5.41) is 10.2. The Balaban J connectivity index is 2.12. The fraction of sp³-hybridized carbons (Fsp3) is 0.136. The van der Waals surface area contributed by atoms with Crippen LogP contribution in [0.15, 0.2) is 53.3 Å². The highest BCUT2D eigenvalue weighted by Crippen LogP contribution is 2.30. The average molecular weight is 412 g/mol. The molecule has 0 fully saturated rings. The van der Waals surface area contributed by atoms with Crippen molar-refractivity contribution in [1.82, 2.24) is 19.5 Å². The molecule has 31 heavy (non-hydrogen) atoms. The van der Waals surface area contributed by atoms with E-state index < -0.39 is 0 Å². The van der Waals surface area contributed by atoms with Gasteiger partial charge in [0.1, 0.15) is 17.5 Å². The van der Waals surface area contributed by atoms with Crippen LogP contribution in [0.3, 0.4) is 0 Å². The van der Waals surface area contributed by atoms with E-state index in [-0.39, 0.29) is 28.7 Å². The van der Waals surface area contributed by atoms with E-state index in [0.717, 1.165) is 5.56 Å². The van der Waals surface area contributed by atoms with E-state index in [0.29, 0.717) is 29.1 Å². The van der Waals surface area contributed by atoms with Gasteiger partial charge in [-0.1, -0.05) is 30.3 Å². The Kier molecular flexibility index (Phi) is 4.97. The number of nitrogens with zero attached hydrogens (tertiary/aromatic N) is 6. The molecule has 2 heterocycles. The Morgan fingerprint density at radius 1 is 1.06 bits per heavy atom. The van der Waals surface area contributed by atoms with Gasteiger partial charge in [-0.2, -0.15) is 15.2 Å². The van der Waals surface area contributed by atoms with Crippen LogP contribution >= 0.6 is 0 Å². The van der Waals surface area contributed by atoms with Crippen LogP contribution in [0.1, 0.15) is 18.1 Å². The molecule has 4 N–H and O–H groups in total. The summed E-state index contributed by atoms with van der Waals surface area (Å²) < 4.78 is 1.51. The molecule has 0 aliphatic carbocycles. The van der Waals surface area contributed by atoms with E-state index in [1.54, 1.807) is 11.0 Å². The molecule has 0 atom stereocenters. The molecule has 0 aliphatic rings. The van der Waals surface area contributed by atoms with Crippen LogP contribution in [-0.2, 0) is 0 Å². The number of aromatic nitrogens is 4. The summed E-state index contributed by atoms with van der Waals surface area (Å²) in [7, 11) is 0. The molecule has 4 aromatic rings. The van der Waals surface area contributed by atoms with Gasteiger partial charge in [0, 0.05) is 6.54 Å². The monoisotopic (exact) mass is 412 g/mol. The van der Waals surface area contributed by atoms with Crippen molar-refractivity contribution >= 4 is 34.4 Å². The molecule has 2 aromatic heterocycles. The van der Waals surface area contributed by atoms with Crippen LogP contribution in [0, 0.1) is 18.3 Å². The van der Waals surface area contributed by atoms with Crippen molar-refractivity contribution in [3.05, 3.63) is 70.0 Å². The van der Waals surface area contributed by atoms with Gasteiger partial charge in [-0.15, -0.1) is 0 Å². The Bertz CT molecular complexity index is 1390. The van der Waals surface area contributed by atoms with Gasteiger partial charge >= 0.3 is 0 Å². The first-order chi connectivity index (χ1) is 15.0. The SMILES string of the molecule is CCN(c1nc(N)nc(N)c1C#N)c1nc2cccc(C)c2c(=O)n1-c1ccccc1. The first kappa shape index (κ1) is 19.8. The van der Waals surface area contributed by atoms with Crippen LogP contribution in [-0.4, -0.2) is 26.1 Å². The van der Waals surface area contributed by atoms with Gasteiger partial charge < -0.3 is 11.5 Å². The van der Waals surface area contributed by atoms with Crippen LogP contribution in [0.5, 0.6) is 0 Å². The lowest BCUT2D eigenvalue weighted by Gasteiger charge is -2.26. The second-order valence-electron chi connectivity index (χ2n) is 6.88. The van der Waals surface area contributed by atoms with Crippen LogP contribution in [0.2, 0.25) is 0 Å². The highest BCUT2D eigenvalue weighted by molar-refractivity contribution is 5.83. The van der Waals surface area contributed by atoms with Crippen molar-refractivity contribution in [3.63, 3.8) is 0 Å². The summed E-state index contributed by atoms with van der Waals surface area (Å²) in [4.78, 5) is 28.2. The van der Waals surface area contributed by atoms with E-state index in [4.69, 9.17) is 16.5 Å². The molecule has 0 unspecified atom stereocenters. The molecule has 0 saturated heterocycles. The van der Waals surface area contributed by atoms with Crippen LogP contribution in [0.4, 0.5) is 23.5 Å². The van der Waals surface area contributed by atoms with Crippen molar-refractivity contribution in [1.29, 1.82) is 5.26 Å². The van der Waals surface area contributed by atoms with Gasteiger partial charge in [-0.3, -0.25) is 9.69 Å². The largest absolute Gasteiger partial charge is 0.382 e. The number of rotatable bonds is 4. The average Bonchev–Trinajstić information content (AvgIpc) is 2.75. The molecule has 0 radical (unpaired) electrons. The summed E-state index contributed by atoms with van der Waals surface area (Å²) in [6.45, 7) is 4.08. The summed E-state index contributed by atoms with van der Waals surface area (Å²) in [5.41, 5.74) is 13.6. The number of nitriles is 1. The molecule has 154 valence electrons. The zero-order chi connectivity index (χ0) is 22.1. The number of anilines is 4. The van der Waals surface area contributed by atoms with E-state index in [2.05, 4.69) is 9.97 Å². The zero-order valence-electron chi connectivity index (χ0n) is 17.1. The van der Waals surface area contributed by atoms with Crippen molar-refractivity contribution in [3.8, 4) is 11.8 Å². The molecule has 2 aromatic carbocycles. The lowest BCUT2D eigenvalue weighted by atomic mass is 10.1. The molecule has 0 spiro atoms. The van der Waals surface area contributed by atoms with Crippen molar-refractivity contribution in [2.24, 2.45) is 0 Å². The van der Waals surface area contributed by atoms with Gasteiger partial charge in [-0.25, -0.2) is 9.55 Å². The normalized spacial score (nSPS) is 10.7. The molecule has 0 amide bonds. The first-order valence-corrected chi connectivity index (χ1v) is 9.64. The second kappa shape index (κ2) is 7.76. The molecule has 4 rings (SSSR count). The maximum Gasteiger partial charge on any atom is 0.267 e. The predicted molar refractivity (Wildman–Crippen MR) is 120 cm³/mol. The van der Waals surface area contributed by atoms with Gasteiger partial charge in [0.25, 0.3) is 5.56 Å². The lowest BCUT2D eigenvalue weighted by molar-refractivity contribution is 0.859. The summed E-state index contributed by atoms with van der Waals surface area (Å²) in [6, 6.07) is 16.7. The molecule has 0 saturated carbocycles. The maximum absolute atomic E-state index is 13.7. The predicted octanol–water partition coefficient (Wildman–Crippen LogP) is 2.68. The van der Waals surface area contributed by atoms with Gasteiger partial charge in [-0.05, 0) is 37.6 Å². The second-order valence-corrected chi connectivity index (χ2v) is 6.88. The molecular formula is C22H20N8O. The van der Waals surface area contributed by atoms with Gasteiger partial charge in [0.15, 0.2) is 5.82 Å². The molecule has 0 aliphatic heterocycles. The van der Waals surface area contributed by atoms with E-state index in [1.165, 1.54) is 4.57 Å². The van der Waals surface area contributed by atoms with Crippen molar-refractivity contribution in [2.75, 3.05) is 22.9 Å². The van der Waals surface area contributed by atoms with E-state index in [9.17, 15) is 10.1 Å². The minimum atomic E-state index is -0.226. The number of aryl methyl sites for hydroxylation is 1. The summed E-state index contributed by atoms with van der Waals surface area (Å²) in [5.74, 6) is 0.383. The highest BCUT2D eigenvalue weighted by atomic mass is 16.1. The lowest BCUT2D eigenvalue weighted by Crippen LogP contribution is -2.31. The Hall–Kier alpha value is -4.45. The smallest absolute Gasteiger partial charge is 0.267 e. The third-order valence-corrected chi connectivity index (χ3v) is 4.96. The number of nitrogen functional groups attached to an aromatic ring is 2. The molecule has 9 heteroatoms. The maximum atomic E-state index is 13.7. The minimum Gasteiger partial charge on any atom is -0.382 e. The Morgan fingerprint density at radius 3 is 2.48 bits per heavy atom. The summed E-state index contributed by atoms with van der Waals surface area (Å²) >= 11 is 0. The Morgan fingerprint density at radius 2 is 1.81 bits per heavy atom. The third kappa shape index (κ3) is 3.30. The standard InChI is InChI=1S/C22H20N8O/c1-3-29(19-15(12-23)18(24)27-21(25)28-19)22-26-16-11-7-8-13(2)17(16)20(31)30(22)14-9-5-4-6-10-14/h4-11H,3H2,1-2H3,(H4,24,25,27,28). The number of hydrogen-bond donors (Lipinski definition) is 2. The first-order valence-electron chi connectivity index (χ1n) is 9.64. The van der Waals surface area contributed by atoms with Gasteiger partial charge in [0.2, 0.25) is 11.9 Å². The number of nitrogens with two attached hydrogens (primary N) is 2.